The van der Waals surface area contributed by atoms with Crippen molar-refractivity contribution in [3.8, 4) is 0 Å². The van der Waals surface area contributed by atoms with Crippen LogP contribution < -0.4 is 10.2 Å². The van der Waals surface area contributed by atoms with Gasteiger partial charge in [-0.25, -0.2) is 17.8 Å². The molecule has 1 N–H and O–H groups in total. The summed E-state index contributed by atoms with van der Waals surface area (Å²) in [6.45, 7) is 2.63. The highest BCUT2D eigenvalue weighted by molar-refractivity contribution is 7.91. The molecule has 2 aromatic rings. The largest absolute Gasteiger partial charge is 0.353 e. The van der Waals surface area contributed by atoms with Crippen molar-refractivity contribution in [3.63, 3.8) is 0 Å². The van der Waals surface area contributed by atoms with E-state index in [1.165, 1.54) is 12.1 Å². The Hall–Kier alpha value is -2.22. The summed E-state index contributed by atoms with van der Waals surface area (Å²) in [5.41, 5.74) is 0.681. The van der Waals surface area contributed by atoms with Crippen molar-refractivity contribution in [1.29, 1.82) is 0 Å². The lowest BCUT2D eigenvalue weighted by molar-refractivity contribution is 0.599. The van der Waals surface area contributed by atoms with E-state index in [4.69, 9.17) is 0 Å². The molecule has 0 saturated carbocycles. The lowest BCUT2D eigenvalue weighted by Crippen LogP contribution is -2.36. The van der Waals surface area contributed by atoms with Gasteiger partial charge in [0.1, 0.15) is 11.6 Å². The number of halogens is 1. The topological polar surface area (TPSA) is 75.2 Å². The number of hydrogen-bond donors (Lipinski definition) is 1. The fourth-order valence-electron chi connectivity index (χ4n) is 2.86. The zero-order valence-corrected chi connectivity index (χ0v) is 14.1. The Morgan fingerprint density at radius 1 is 1.29 bits per heavy atom. The molecule has 1 aliphatic heterocycles. The van der Waals surface area contributed by atoms with Crippen molar-refractivity contribution >= 4 is 27.3 Å². The lowest BCUT2D eigenvalue weighted by Gasteiger charge is -2.28. The van der Waals surface area contributed by atoms with E-state index in [2.05, 4.69) is 15.3 Å². The maximum atomic E-state index is 13.0. The Bertz CT molecular complexity index is 811. The molecular weight excluding hydrogens is 331 g/mol. The van der Waals surface area contributed by atoms with E-state index < -0.39 is 9.84 Å². The van der Waals surface area contributed by atoms with E-state index in [0.717, 1.165) is 0 Å². The lowest BCUT2D eigenvalue weighted by atomic mass is 10.2. The molecule has 2 heterocycles. The molecule has 1 aromatic carbocycles. The molecule has 1 aromatic heterocycles. The maximum absolute atomic E-state index is 13.0. The van der Waals surface area contributed by atoms with Crippen LogP contribution >= 0.6 is 0 Å². The van der Waals surface area contributed by atoms with Crippen molar-refractivity contribution in [1.82, 2.24) is 9.97 Å². The van der Waals surface area contributed by atoms with Gasteiger partial charge in [-0.3, -0.25) is 0 Å². The number of benzene rings is 1. The zero-order valence-electron chi connectivity index (χ0n) is 13.3. The highest BCUT2D eigenvalue weighted by Gasteiger charge is 2.32. The summed E-state index contributed by atoms with van der Waals surface area (Å²) in [5.74, 6) is 1.14. The van der Waals surface area contributed by atoms with Crippen LogP contribution in [0.25, 0.3) is 0 Å². The fourth-order valence-corrected chi connectivity index (χ4v) is 4.59. The first kappa shape index (κ1) is 16.6. The van der Waals surface area contributed by atoms with Gasteiger partial charge in [-0.1, -0.05) is 0 Å². The number of nitrogens with one attached hydrogen (secondary N) is 1. The monoisotopic (exact) mass is 350 g/mol. The molecule has 3 rings (SSSR count). The second-order valence-corrected chi connectivity index (χ2v) is 7.94. The molecule has 8 heteroatoms. The SMILES string of the molecule is CCN(c1ccnc(Nc2ccc(F)cc2)n1)C1CCS(=O)(=O)C1. The minimum atomic E-state index is -2.96. The first-order valence-corrected chi connectivity index (χ1v) is 9.62. The first-order chi connectivity index (χ1) is 11.5. The average molecular weight is 350 g/mol. The number of sulfone groups is 1. The minimum Gasteiger partial charge on any atom is -0.353 e. The predicted octanol–water partition coefficient (Wildman–Crippen LogP) is 2.37. The molecule has 1 aliphatic rings. The molecule has 0 amide bonds. The Morgan fingerprint density at radius 2 is 2.04 bits per heavy atom. The van der Waals surface area contributed by atoms with Crippen LogP contribution in [0.1, 0.15) is 13.3 Å². The highest BCUT2D eigenvalue weighted by Crippen LogP contribution is 2.24. The van der Waals surface area contributed by atoms with Gasteiger partial charge in [-0.05, 0) is 43.7 Å². The van der Waals surface area contributed by atoms with Crippen molar-refractivity contribution in [2.24, 2.45) is 0 Å². The molecule has 1 saturated heterocycles. The molecule has 0 radical (unpaired) electrons. The summed E-state index contributed by atoms with van der Waals surface area (Å²) in [6, 6.07) is 7.62. The molecule has 6 nitrogen and oxygen atoms in total. The summed E-state index contributed by atoms with van der Waals surface area (Å²) in [4.78, 5) is 10.6. The predicted molar refractivity (Wildman–Crippen MR) is 91.8 cm³/mol. The molecular formula is C16H19FN4O2S. The van der Waals surface area contributed by atoms with E-state index in [1.807, 2.05) is 11.8 Å². The van der Waals surface area contributed by atoms with Gasteiger partial charge in [0.2, 0.25) is 5.95 Å². The van der Waals surface area contributed by atoms with E-state index in [9.17, 15) is 12.8 Å². The Morgan fingerprint density at radius 3 is 2.67 bits per heavy atom. The highest BCUT2D eigenvalue weighted by atomic mass is 32.2. The summed E-state index contributed by atoms with van der Waals surface area (Å²) in [5, 5.41) is 3.02. The third-order valence-corrected chi connectivity index (χ3v) is 5.78. The van der Waals surface area contributed by atoms with Crippen molar-refractivity contribution in [3.05, 3.63) is 42.3 Å². The van der Waals surface area contributed by atoms with Gasteiger partial charge in [0, 0.05) is 24.5 Å². The van der Waals surface area contributed by atoms with Crippen LogP contribution in [0.4, 0.5) is 21.8 Å². The van der Waals surface area contributed by atoms with Gasteiger partial charge in [0.05, 0.1) is 11.5 Å². The van der Waals surface area contributed by atoms with Gasteiger partial charge in [0.15, 0.2) is 9.84 Å². The van der Waals surface area contributed by atoms with Crippen molar-refractivity contribution in [2.45, 2.75) is 19.4 Å². The average Bonchev–Trinajstić information content (AvgIpc) is 2.91. The summed E-state index contributed by atoms with van der Waals surface area (Å²) >= 11 is 0. The molecule has 128 valence electrons. The van der Waals surface area contributed by atoms with Gasteiger partial charge >= 0.3 is 0 Å². The molecule has 0 bridgehead atoms. The number of aromatic nitrogens is 2. The van der Waals surface area contributed by atoms with Gasteiger partial charge in [-0.2, -0.15) is 4.98 Å². The summed E-state index contributed by atoms with van der Waals surface area (Å²) < 4.78 is 36.4. The van der Waals surface area contributed by atoms with Crippen LogP contribution in [0.15, 0.2) is 36.5 Å². The fraction of sp³-hybridized carbons (Fsp3) is 0.375. The van der Waals surface area contributed by atoms with Crippen LogP contribution in [0, 0.1) is 5.82 Å². The quantitative estimate of drug-likeness (QED) is 0.892. The number of nitrogens with zero attached hydrogens (tertiary/aromatic N) is 3. The molecule has 1 fully saturated rings. The zero-order chi connectivity index (χ0) is 17.2. The van der Waals surface area contributed by atoms with Crippen LogP contribution in [-0.4, -0.2) is 42.5 Å². The third-order valence-electron chi connectivity index (χ3n) is 4.03. The number of hydrogen-bond acceptors (Lipinski definition) is 6. The van der Waals surface area contributed by atoms with E-state index in [0.29, 0.717) is 30.4 Å². The Kier molecular flexibility index (Phi) is 4.66. The van der Waals surface area contributed by atoms with Crippen molar-refractivity contribution in [2.75, 3.05) is 28.3 Å². The summed E-state index contributed by atoms with van der Waals surface area (Å²) in [6.07, 6.45) is 2.24. The standard InChI is InChI=1S/C16H19FN4O2S/c1-2-21(14-8-10-24(22,23)11-14)15-7-9-18-16(20-15)19-13-5-3-12(17)4-6-13/h3-7,9,14H,2,8,10-11H2,1H3,(H,18,19,20). The maximum Gasteiger partial charge on any atom is 0.229 e. The second-order valence-electron chi connectivity index (χ2n) is 5.71. The molecule has 0 aliphatic carbocycles. The number of anilines is 3. The summed E-state index contributed by atoms with van der Waals surface area (Å²) in [7, 11) is -2.96. The number of rotatable bonds is 5. The van der Waals surface area contributed by atoms with Crippen molar-refractivity contribution < 1.29 is 12.8 Å². The van der Waals surface area contributed by atoms with E-state index in [1.54, 1.807) is 24.4 Å². The van der Waals surface area contributed by atoms with Crippen LogP contribution in [-0.2, 0) is 9.84 Å². The van der Waals surface area contributed by atoms with Gasteiger partial charge in [-0.15, -0.1) is 0 Å². The van der Waals surface area contributed by atoms with Gasteiger partial charge < -0.3 is 10.2 Å². The molecule has 1 unspecified atom stereocenters. The van der Waals surface area contributed by atoms with Gasteiger partial charge in [0.25, 0.3) is 0 Å². The smallest absolute Gasteiger partial charge is 0.229 e. The Labute approximate surface area is 140 Å². The first-order valence-electron chi connectivity index (χ1n) is 7.79. The third kappa shape index (κ3) is 3.81. The van der Waals surface area contributed by atoms with Crippen LogP contribution in [0.3, 0.4) is 0 Å². The molecule has 24 heavy (non-hydrogen) atoms. The minimum absolute atomic E-state index is 0.0615. The van der Waals surface area contributed by atoms with Crippen LogP contribution in [0.2, 0.25) is 0 Å². The normalized spacial score (nSPS) is 19.2. The van der Waals surface area contributed by atoms with E-state index >= 15 is 0 Å². The second kappa shape index (κ2) is 6.72. The Balaban J connectivity index is 1.79. The molecule has 0 spiro atoms. The van der Waals surface area contributed by atoms with Crippen LogP contribution in [0.5, 0.6) is 0 Å². The molecule has 1 atom stereocenters. The van der Waals surface area contributed by atoms with E-state index in [-0.39, 0.29) is 23.4 Å².